The van der Waals surface area contributed by atoms with Crippen molar-refractivity contribution in [3.63, 3.8) is 0 Å². The van der Waals surface area contributed by atoms with Gasteiger partial charge in [0.15, 0.2) is 23.1 Å². The third-order valence-corrected chi connectivity index (χ3v) is 6.75. The Labute approximate surface area is 227 Å². The van der Waals surface area contributed by atoms with Gasteiger partial charge in [-0.15, -0.1) is 0 Å². The van der Waals surface area contributed by atoms with E-state index in [2.05, 4.69) is 24.7 Å². The average Bonchev–Trinajstić information content (AvgIpc) is 2.97. The van der Waals surface area contributed by atoms with E-state index in [9.17, 15) is 8.42 Å². The van der Waals surface area contributed by atoms with Crippen molar-refractivity contribution in [1.29, 1.82) is 0 Å². The second-order valence-corrected chi connectivity index (χ2v) is 9.77. The van der Waals surface area contributed by atoms with E-state index >= 15 is 0 Å². The first-order chi connectivity index (χ1) is 18.9. The maximum atomic E-state index is 13.3. The van der Waals surface area contributed by atoms with Gasteiger partial charge in [-0.3, -0.25) is 4.72 Å². The summed E-state index contributed by atoms with van der Waals surface area (Å²) >= 11 is 0. The number of rotatable bonds is 11. The summed E-state index contributed by atoms with van der Waals surface area (Å²) in [6, 6.07) is 14.5. The number of anilines is 1. The molecular formula is C28H29N5O5S. The molecule has 0 saturated heterocycles. The summed E-state index contributed by atoms with van der Waals surface area (Å²) < 4.78 is 46.1. The Bertz CT molecular complexity index is 1550. The van der Waals surface area contributed by atoms with Crippen LogP contribution in [-0.4, -0.2) is 42.6 Å². The Hall–Kier alpha value is -4.51. The summed E-state index contributed by atoms with van der Waals surface area (Å²) in [7, 11) is -1.18. The molecule has 4 rings (SSSR count). The van der Waals surface area contributed by atoms with Crippen LogP contribution in [0.5, 0.6) is 23.1 Å². The number of hydrogen-bond acceptors (Lipinski definition) is 9. The zero-order chi connectivity index (χ0) is 27.8. The second-order valence-electron chi connectivity index (χ2n) is 8.21. The van der Waals surface area contributed by atoms with Gasteiger partial charge in [-0.25, -0.2) is 23.4 Å². The largest absolute Gasteiger partial charge is 0.493 e. The molecule has 10 nitrogen and oxygen atoms in total. The Morgan fingerprint density at radius 3 is 2.10 bits per heavy atom. The number of hydrogen-bond donors (Lipinski definition) is 1. The molecule has 2 aromatic carbocycles. The van der Waals surface area contributed by atoms with E-state index in [-0.39, 0.29) is 29.1 Å². The van der Waals surface area contributed by atoms with Crippen LogP contribution in [0, 0.1) is 0 Å². The van der Waals surface area contributed by atoms with Crippen molar-refractivity contribution < 1.29 is 22.6 Å². The van der Waals surface area contributed by atoms with Gasteiger partial charge in [-0.05, 0) is 53.8 Å². The summed E-state index contributed by atoms with van der Waals surface area (Å²) in [6.45, 7) is 4.06. The zero-order valence-corrected chi connectivity index (χ0v) is 22.9. The summed E-state index contributed by atoms with van der Waals surface area (Å²) in [4.78, 5) is 17.1. The number of ether oxygens (including phenoxy) is 3. The topological polar surface area (TPSA) is 125 Å². The molecule has 0 bridgehead atoms. The fraction of sp³-hybridized carbons (Fsp3) is 0.214. The van der Waals surface area contributed by atoms with Crippen LogP contribution in [0.25, 0.3) is 17.7 Å². The van der Waals surface area contributed by atoms with E-state index in [0.717, 1.165) is 34.9 Å². The van der Waals surface area contributed by atoms with Crippen LogP contribution in [0.2, 0.25) is 0 Å². The van der Waals surface area contributed by atoms with Crippen molar-refractivity contribution in [1.82, 2.24) is 19.9 Å². The molecule has 39 heavy (non-hydrogen) atoms. The fourth-order valence-corrected chi connectivity index (χ4v) is 4.67. The minimum Gasteiger partial charge on any atom is -0.493 e. The highest BCUT2D eigenvalue weighted by Gasteiger charge is 2.24. The lowest BCUT2D eigenvalue weighted by Crippen LogP contribution is -2.13. The van der Waals surface area contributed by atoms with E-state index in [4.69, 9.17) is 14.2 Å². The highest BCUT2D eigenvalue weighted by atomic mass is 32.2. The molecule has 0 saturated carbocycles. The van der Waals surface area contributed by atoms with Crippen LogP contribution in [0.15, 0.2) is 66.3 Å². The summed E-state index contributed by atoms with van der Waals surface area (Å²) in [5.74, 6) is 0.732. The Balaban J connectivity index is 1.80. The predicted molar refractivity (Wildman–Crippen MR) is 149 cm³/mol. The monoisotopic (exact) mass is 547 g/mol. The Morgan fingerprint density at radius 1 is 0.821 bits per heavy atom. The Morgan fingerprint density at radius 2 is 1.49 bits per heavy atom. The molecule has 0 amide bonds. The Kier molecular flexibility index (Phi) is 8.72. The second kappa shape index (κ2) is 12.4. The molecule has 0 aliphatic heterocycles. The standard InChI is InChI=1S/C28H29N5O5S/c1-5-19-11-9-12-20(6-2)21(19)15-18-39(34,35)33-25-24(38-23-14-8-7-13-22(23)36-3)28(37-4)32-27(31-25)26-29-16-10-17-30-26/h7-18H,5-6H2,1-4H3,(H,31,32,33)/b18-15+. The molecule has 0 unspecified atom stereocenters. The number of sulfonamides is 1. The molecule has 0 radical (unpaired) electrons. The van der Waals surface area contributed by atoms with Crippen molar-refractivity contribution in [2.24, 2.45) is 0 Å². The van der Waals surface area contributed by atoms with Crippen molar-refractivity contribution in [3.05, 3.63) is 83.0 Å². The number of nitrogens with one attached hydrogen (secondary N) is 1. The van der Waals surface area contributed by atoms with Gasteiger partial charge >= 0.3 is 0 Å². The maximum absolute atomic E-state index is 13.3. The van der Waals surface area contributed by atoms with Gasteiger partial charge in [0.25, 0.3) is 15.9 Å². The minimum atomic E-state index is -4.07. The van der Waals surface area contributed by atoms with Crippen molar-refractivity contribution >= 4 is 21.9 Å². The summed E-state index contributed by atoms with van der Waals surface area (Å²) in [5, 5.41) is 1.11. The lowest BCUT2D eigenvalue weighted by atomic mass is 9.98. The normalized spacial score (nSPS) is 11.4. The molecule has 0 fully saturated rings. The molecule has 0 aliphatic rings. The molecule has 202 valence electrons. The SMILES string of the molecule is CCc1cccc(CC)c1/C=C/S(=O)(=O)Nc1nc(-c2ncccn2)nc(OC)c1Oc1ccccc1OC. The first kappa shape index (κ1) is 27.5. The number of nitrogens with zero attached hydrogens (tertiary/aromatic N) is 4. The van der Waals surface area contributed by atoms with Gasteiger partial charge in [-0.2, -0.15) is 4.98 Å². The third kappa shape index (κ3) is 6.50. The minimum absolute atomic E-state index is 0.0235. The van der Waals surface area contributed by atoms with Gasteiger partial charge in [0.2, 0.25) is 11.6 Å². The molecule has 1 N–H and O–H groups in total. The van der Waals surface area contributed by atoms with Gasteiger partial charge in [0, 0.05) is 12.4 Å². The first-order valence-electron chi connectivity index (χ1n) is 12.2. The summed E-state index contributed by atoms with van der Waals surface area (Å²) in [6.07, 6.45) is 6.18. The molecule has 2 aromatic heterocycles. The van der Waals surface area contributed by atoms with Crippen molar-refractivity contribution in [2.75, 3.05) is 18.9 Å². The first-order valence-corrected chi connectivity index (χ1v) is 13.8. The molecular weight excluding hydrogens is 518 g/mol. The fourth-order valence-electron chi connectivity index (χ4n) is 3.88. The zero-order valence-electron chi connectivity index (χ0n) is 22.1. The van der Waals surface area contributed by atoms with Crippen molar-refractivity contribution in [3.8, 4) is 34.8 Å². The number of para-hydroxylation sites is 2. The van der Waals surface area contributed by atoms with E-state index in [1.54, 1.807) is 36.4 Å². The number of benzene rings is 2. The lowest BCUT2D eigenvalue weighted by Gasteiger charge is -2.16. The smallest absolute Gasteiger partial charge is 0.263 e. The summed E-state index contributed by atoms with van der Waals surface area (Å²) in [5.41, 5.74) is 2.97. The van der Waals surface area contributed by atoms with Gasteiger partial charge < -0.3 is 14.2 Å². The highest BCUT2D eigenvalue weighted by molar-refractivity contribution is 7.95. The van der Waals surface area contributed by atoms with E-state index in [1.165, 1.54) is 26.6 Å². The van der Waals surface area contributed by atoms with E-state index < -0.39 is 10.0 Å². The van der Waals surface area contributed by atoms with Crippen LogP contribution >= 0.6 is 0 Å². The van der Waals surface area contributed by atoms with Gasteiger partial charge in [-0.1, -0.05) is 44.2 Å². The van der Waals surface area contributed by atoms with E-state index in [0.29, 0.717) is 11.5 Å². The predicted octanol–water partition coefficient (Wildman–Crippen LogP) is 5.28. The van der Waals surface area contributed by atoms with Crippen LogP contribution < -0.4 is 18.9 Å². The van der Waals surface area contributed by atoms with Crippen LogP contribution in [0.1, 0.15) is 30.5 Å². The maximum Gasteiger partial charge on any atom is 0.263 e. The number of aryl methyl sites for hydroxylation is 2. The van der Waals surface area contributed by atoms with Crippen LogP contribution in [-0.2, 0) is 22.9 Å². The van der Waals surface area contributed by atoms with Crippen LogP contribution in [0.4, 0.5) is 5.82 Å². The van der Waals surface area contributed by atoms with E-state index in [1.807, 2.05) is 32.0 Å². The number of aromatic nitrogens is 4. The van der Waals surface area contributed by atoms with Crippen molar-refractivity contribution in [2.45, 2.75) is 26.7 Å². The quantitative estimate of drug-likeness (QED) is 0.267. The highest BCUT2D eigenvalue weighted by Crippen LogP contribution is 2.40. The third-order valence-electron chi connectivity index (χ3n) is 5.78. The molecule has 11 heteroatoms. The molecule has 2 heterocycles. The van der Waals surface area contributed by atoms with Gasteiger partial charge in [0.1, 0.15) is 0 Å². The molecule has 4 aromatic rings. The average molecular weight is 548 g/mol. The molecule has 0 aliphatic carbocycles. The lowest BCUT2D eigenvalue weighted by molar-refractivity contribution is 0.348. The molecule has 0 spiro atoms. The van der Waals surface area contributed by atoms with Crippen LogP contribution in [0.3, 0.4) is 0 Å². The van der Waals surface area contributed by atoms with Gasteiger partial charge in [0.05, 0.1) is 19.6 Å². The molecule has 0 atom stereocenters. The number of methoxy groups -OCH3 is 2.